The van der Waals surface area contributed by atoms with Crippen LogP contribution in [-0.4, -0.2) is 35.1 Å². The van der Waals surface area contributed by atoms with Crippen LogP contribution >= 0.6 is 0 Å². The highest BCUT2D eigenvalue weighted by Crippen LogP contribution is 2.31. The minimum absolute atomic E-state index is 0.426. The maximum Gasteiger partial charge on any atom is 0.211 e. The van der Waals surface area contributed by atoms with E-state index in [0.29, 0.717) is 19.0 Å². The molecule has 0 unspecified atom stereocenters. The van der Waals surface area contributed by atoms with Crippen LogP contribution in [0.4, 0.5) is 0 Å². The Morgan fingerprint density at radius 2 is 2.21 bits per heavy atom. The van der Waals surface area contributed by atoms with E-state index in [2.05, 4.69) is 9.55 Å². The SMILES string of the molecule is CS(=O)(=O)N(Cc1cn2c(n1)CCCC2)CC1CC1. The van der Waals surface area contributed by atoms with E-state index in [4.69, 9.17) is 0 Å². The Morgan fingerprint density at radius 3 is 2.84 bits per heavy atom. The fraction of sp³-hybridized carbons (Fsp3) is 0.769. The quantitative estimate of drug-likeness (QED) is 0.820. The minimum Gasteiger partial charge on any atom is -0.335 e. The molecule has 6 heteroatoms. The van der Waals surface area contributed by atoms with Crippen molar-refractivity contribution in [3.8, 4) is 0 Å². The van der Waals surface area contributed by atoms with Crippen molar-refractivity contribution in [3.05, 3.63) is 17.7 Å². The molecule has 1 aromatic rings. The molecule has 2 heterocycles. The first-order chi connectivity index (χ1) is 9.02. The Bertz CT molecular complexity index is 537. The fourth-order valence-electron chi connectivity index (χ4n) is 2.63. The summed E-state index contributed by atoms with van der Waals surface area (Å²) < 4.78 is 27.4. The van der Waals surface area contributed by atoms with Crippen molar-refractivity contribution in [3.63, 3.8) is 0 Å². The van der Waals surface area contributed by atoms with Gasteiger partial charge in [-0.3, -0.25) is 0 Å². The number of rotatable bonds is 5. The molecule has 2 aliphatic rings. The lowest BCUT2D eigenvalue weighted by molar-refractivity contribution is 0.391. The predicted molar refractivity (Wildman–Crippen MR) is 73.1 cm³/mol. The van der Waals surface area contributed by atoms with Gasteiger partial charge in [0.05, 0.1) is 18.5 Å². The summed E-state index contributed by atoms with van der Waals surface area (Å²) in [7, 11) is -3.14. The van der Waals surface area contributed by atoms with Crippen LogP contribution in [0.15, 0.2) is 6.20 Å². The molecule has 106 valence electrons. The van der Waals surface area contributed by atoms with Gasteiger partial charge in [0.2, 0.25) is 10.0 Å². The first-order valence-electron chi connectivity index (χ1n) is 7.02. The molecular formula is C13H21N3O2S. The van der Waals surface area contributed by atoms with Gasteiger partial charge >= 0.3 is 0 Å². The first kappa shape index (κ1) is 13.1. The Labute approximate surface area is 114 Å². The lowest BCUT2D eigenvalue weighted by Gasteiger charge is -2.18. The van der Waals surface area contributed by atoms with Crippen molar-refractivity contribution < 1.29 is 8.42 Å². The number of imidazole rings is 1. The monoisotopic (exact) mass is 283 g/mol. The molecule has 0 radical (unpaired) electrons. The van der Waals surface area contributed by atoms with Gasteiger partial charge in [0.15, 0.2) is 0 Å². The maximum atomic E-state index is 11.8. The van der Waals surface area contributed by atoms with Crippen LogP contribution < -0.4 is 0 Å². The highest BCUT2D eigenvalue weighted by atomic mass is 32.2. The van der Waals surface area contributed by atoms with E-state index in [9.17, 15) is 8.42 Å². The van der Waals surface area contributed by atoms with Gasteiger partial charge in [-0.2, -0.15) is 4.31 Å². The number of hydrogen-bond acceptors (Lipinski definition) is 3. The third-order valence-corrected chi connectivity index (χ3v) is 5.14. The number of aromatic nitrogens is 2. The zero-order chi connectivity index (χ0) is 13.5. The maximum absolute atomic E-state index is 11.8. The van der Waals surface area contributed by atoms with Gasteiger partial charge in [-0.25, -0.2) is 13.4 Å². The van der Waals surface area contributed by atoms with Gasteiger partial charge in [0.25, 0.3) is 0 Å². The van der Waals surface area contributed by atoms with Crippen molar-refractivity contribution in [2.45, 2.75) is 45.2 Å². The average molecular weight is 283 g/mol. The van der Waals surface area contributed by atoms with Crippen LogP contribution in [0.2, 0.25) is 0 Å². The summed E-state index contributed by atoms with van der Waals surface area (Å²) in [5, 5.41) is 0. The van der Waals surface area contributed by atoms with Gasteiger partial charge in [-0.05, 0) is 31.6 Å². The van der Waals surface area contributed by atoms with E-state index in [1.165, 1.54) is 19.1 Å². The molecule has 5 nitrogen and oxygen atoms in total. The number of sulfonamides is 1. The molecule has 0 saturated heterocycles. The third-order valence-electron chi connectivity index (χ3n) is 3.92. The molecule has 1 aliphatic heterocycles. The fourth-order valence-corrected chi connectivity index (χ4v) is 3.48. The van der Waals surface area contributed by atoms with Crippen LogP contribution in [0.1, 0.15) is 37.2 Å². The third kappa shape index (κ3) is 3.17. The molecule has 0 spiro atoms. The second kappa shape index (κ2) is 4.90. The summed E-state index contributed by atoms with van der Waals surface area (Å²) in [4.78, 5) is 4.59. The molecule has 0 N–H and O–H groups in total. The molecule has 3 rings (SSSR count). The standard InChI is InChI=1S/C13H21N3O2S/c1-19(17,18)16(8-11-5-6-11)10-12-9-15-7-3-2-4-13(15)14-12/h9,11H,2-8,10H2,1H3. The summed E-state index contributed by atoms with van der Waals surface area (Å²) in [5.74, 6) is 1.67. The van der Waals surface area contributed by atoms with Crippen molar-refractivity contribution in [1.29, 1.82) is 0 Å². The van der Waals surface area contributed by atoms with Crippen LogP contribution in [0.3, 0.4) is 0 Å². The van der Waals surface area contributed by atoms with Crippen LogP contribution in [0.25, 0.3) is 0 Å². The second-order valence-electron chi connectivity index (χ2n) is 5.80. The van der Waals surface area contributed by atoms with Crippen molar-refractivity contribution in [2.24, 2.45) is 5.92 Å². The van der Waals surface area contributed by atoms with Gasteiger partial charge < -0.3 is 4.57 Å². The second-order valence-corrected chi connectivity index (χ2v) is 7.78. The van der Waals surface area contributed by atoms with Crippen LogP contribution in [0.5, 0.6) is 0 Å². The Balaban J connectivity index is 1.75. The Kier molecular flexibility index (Phi) is 3.39. The zero-order valence-corrected chi connectivity index (χ0v) is 12.2. The number of hydrogen-bond donors (Lipinski definition) is 0. The summed E-state index contributed by atoms with van der Waals surface area (Å²) in [6.07, 6.45) is 9.04. The smallest absolute Gasteiger partial charge is 0.211 e. The lowest BCUT2D eigenvalue weighted by Crippen LogP contribution is -2.31. The highest BCUT2D eigenvalue weighted by Gasteiger charge is 2.29. The number of fused-ring (bicyclic) bond motifs is 1. The van der Waals surface area contributed by atoms with Crippen molar-refractivity contribution >= 4 is 10.0 Å². The molecule has 1 aliphatic carbocycles. The molecule has 0 bridgehead atoms. The molecule has 0 aromatic carbocycles. The molecule has 0 atom stereocenters. The van der Waals surface area contributed by atoms with Crippen LogP contribution in [0, 0.1) is 5.92 Å². The summed E-state index contributed by atoms with van der Waals surface area (Å²) >= 11 is 0. The van der Waals surface area contributed by atoms with E-state index in [1.54, 1.807) is 4.31 Å². The summed E-state index contributed by atoms with van der Waals surface area (Å²) in [6.45, 7) is 2.10. The van der Waals surface area contributed by atoms with E-state index in [-0.39, 0.29) is 0 Å². The molecule has 19 heavy (non-hydrogen) atoms. The van der Waals surface area contributed by atoms with Crippen molar-refractivity contribution in [2.75, 3.05) is 12.8 Å². The van der Waals surface area contributed by atoms with Gasteiger partial charge in [0.1, 0.15) is 5.82 Å². The topological polar surface area (TPSA) is 55.2 Å². The molecular weight excluding hydrogens is 262 g/mol. The van der Waals surface area contributed by atoms with Gasteiger partial charge in [0, 0.05) is 25.7 Å². The lowest BCUT2D eigenvalue weighted by atomic mass is 10.2. The summed E-state index contributed by atoms with van der Waals surface area (Å²) in [6, 6.07) is 0. The molecule has 1 saturated carbocycles. The minimum atomic E-state index is -3.14. The molecule has 0 amide bonds. The summed E-state index contributed by atoms with van der Waals surface area (Å²) in [5.41, 5.74) is 0.892. The Morgan fingerprint density at radius 1 is 1.42 bits per heavy atom. The Hall–Kier alpha value is -0.880. The predicted octanol–water partition coefficient (Wildman–Crippen LogP) is 1.39. The van der Waals surface area contributed by atoms with E-state index in [0.717, 1.165) is 37.3 Å². The molecule has 1 fully saturated rings. The highest BCUT2D eigenvalue weighted by molar-refractivity contribution is 7.88. The van der Waals surface area contributed by atoms with E-state index < -0.39 is 10.0 Å². The van der Waals surface area contributed by atoms with E-state index in [1.807, 2.05) is 6.20 Å². The first-order valence-corrected chi connectivity index (χ1v) is 8.87. The van der Waals surface area contributed by atoms with Crippen molar-refractivity contribution in [1.82, 2.24) is 13.9 Å². The number of aryl methyl sites for hydroxylation is 2. The largest absolute Gasteiger partial charge is 0.335 e. The van der Waals surface area contributed by atoms with E-state index >= 15 is 0 Å². The van der Waals surface area contributed by atoms with Gasteiger partial charge in [-0.1, -0.05) is 0 Å². The van der Waals surface area contributed by atoms with Gasteiger partial charge in [-0.15, -0.1) is 0 Å². The van der Waals surface area contributed by atoms with Crippen LogP contribution in [-0.2, 0) is 29.5 Å². The zero-order valence-electron chi connectivity index (χ0n) is 11.4. The molecule has 1 aromatic heterocycles. The normalized spacial score (nSPS) is 19.7. The average Bonchev–Trinajstić information content (AvgIpc) is 3.05. The number of nitrogens with zero attached hydrogens (tertiary/aromatic N) is 3.